The van der Waals surface area contributed by atoms with Gasteiger partial charge in [0, 0.05) is 19.0 Å². The third-order valence-corrected chi connectivity index (χ3v) is 5.04. The summed E-state index contributed by atoms with van der Waals surface area (Å²) in [6, 6.07) is 7.49. The van der Waals surface area contributed by atoms with Crippen LogP contribution in [0.2, 0.25) is 5.02 Å². The number of carbonyl (C=O) groups is 1. The molecule has 7 heteroatoms. The molecule has 1 amide bonds. The van der Waals surface area contributed by atoms with E-state index in [-0.39, 0.29) is 17.6 Å². The van der Waals surface area contributed by atoms with Gasteiger partial charge in [-0.15, -0.1) is 5.10 Å². The lowest BCUT2D eigenvalue weighted by molar-refractivity contribution is 0.0662. The molecular formula is C19H26ClN5O. The summed E-state index contributed by atoms with van der Waals surface area (Å²) >= 11 is 6.34. The fourth-order valence-electron chi connectivity index (χ4n) is 3.44. The summed E-state index contributed by atoms with van der Waals surface area (Å²) in [5.41, 5.74) is 0.746. The van der Waals surface area contributed by atoms with E-state index in [1.807, 2.05) is 50.1 Å². The van der Waals surface area contributed by atoms with Crippen molar-refractivity contribution in [1.82, 2.24) is 25.0 Å². The summed E-state index contributed by atoms with van der Waals surface area (Å²) in [5.74, 6) is 1.49. The normalized spacial score (nSPS) is 17.7. The van der Waals surface area contributed by atoms with Gasteiger partial charge in [0.15, 0.2) is 0 Å². The van der Waals surface area contributed by atoms with Crippen LogP contribution in [0.3, 0.4) is 0 Å². The van der Waals surface area contributed by atoms with Gasteiger partial charge in [0.2, 0.25) is 5.82 Å². The highest BCUT2D eigenvalue weighted by Crippen LogP contribution is 2.24. The second-order valence-electron chi connectivity index (χ2n) is 7.13. The molecule has 0 radical (unpaired) electrons. The topological polar surface area (TPSA) is 63.1 Å². The first-order valence-electron chi connectivity index (χ1n) is 9.17. The SMILES string of the molecule is CNCC1CCCN(C(=O)c2nc(C(C)C)n(-c3ccccc3Cl)n2)C1. The summed E-state index contributed by atoms with van der Waals surface area (Å²) in [7, 11) is 1.95. The Morgan fingerprint density at radius 2 is 2.15 bits per heavy atom. The van der Waals surface area contributed by atoms with Crippen molar-refractivity contribution < 1.29 is 4.79 Å². The maximum atomic E-state index is 13.0. The minimum Gasteiger partial charge on any atom is -0.336 e. The number of aromatic nitrogens is 3. The number of piperidine rings is 1. The average molecular weight is 376 g/mol. The van der Waals surface area contributed by atoms with Crippen LogP contribution in [0.15, 0.2) is 24.3 Å². The van der Waals surface area contributed by atoms with E-state index in [2.05, 4.69) is 15.4 Å². The fourth-order valence-corrected chi connectivity index (χ4v) is 3.65. The van der Waals surface area contributed by atoms with Gasteiger partial charge < -0.3 is 10.2 Å². The Morgan fingerprint density at radius 3 is 2.85 bits per heavy atom. The van der Waals surface area contributed by atoms with Crippen LogP contribution in [0, 0.1) is 5.92 Å². The molecule has 1 fully saturated rings. The molecule has 0 spiro atoms. The number of nitrogens with zero attached hydrogens (tertiary/aromatic N) is 4. The zero-order chi connectivity index (χ0) is 18.7. The van der Waals surface area contributed by atoms with E-state index >= 15 is 0 Å². The fraction of sp³-hybridized carbons (Fsp3) is 0.526. The number of para-hydroxylation sites is 1. The minimum absolute atomic E-state index is 0.0986. The molecule has 26 heavy (non-hydrogen) atoms. The molecule has 1 unspecified atom stereocenters. The second-order valence-corrected chi connectivity index (χ2v) is 7.54. The molecule has 1 atom stereocenters. The molecule has 2 heterocycles. The van der Waals surface area contributed by atoms with Gasteiger partial charge in [-0.1, -0.05) is 37.6 Å². The Labute approximate surface area is 159 Å². The second kappa shape index (κ2) is 8.18. The molecule has 140 valence electrons. The van der Waals surface area contributed by atoms with Gasteiger partial charge in [-0.25, -0.2) is 9.67 Å². The number of rotatable bonds is 5. The largest absolute Gasteiger partial charge is 0.336 e. The summed E-state index contributed by atoms with van der Waals surface area (Å²) in [6.45, 7) is 6.50. The Bertz CT molecular complexity index is 771. The average Bonchev–Trinajstić information content (AvgIpc) is 3.07. The highest BCUT2D eigenvalue weighted by molar-refractivity contribution is 6.32. The van der Waals surface area contributed by atoms with E-state index in [4.69, 9.17) is 11.6 Å². The third kappa shape index (κ3) is 3.91. The molecule has 6 nitrogen and oxygen atoms in total. The highest BCUT2D eigenvalue weighted by Gasteiger charge is 2.28. The standard InChI is InChI=1S/C19H26ClN5O/c1-13(2)18-22-17(23-25(18)16-9-5-4-8-15(16)20)19(26)24-10-6-7-14(12-24)11-21-3/h4-5,8-9,13-14,21H,6-7,10-12H2,1-3H3. The molecule has 2 aromatic rings. The molecule has 3 rings (SSSR count). The highest BCUT2D eigenvalue weighted by atomic mass is 35.5. The first kappa shape index (κ1) is 18.9. The predicted octanol–water partition coefficient (Wildman–Crippen LogP) is 3.12. The van der Waals surface area contributed by atoms with Crippen LogP contribution in [0.1, 0.15) is 49.1 Å². The van der Waals surface area contributed by atoms with Crippen LogP contribution in [-0.4, -0.2) is 52.3 Å². The summed E-state index contributed by atoms with van der Waals surface area (Å²) < 4.78 is 1.70. The van der Waals surface area contributed by atoms with Gasteiger partial charge in [-0.3, -0.25) is 4.79 Å². The number of hydrogen-bond acceptors (Lipinski definition) is 4. The number of benzene rings is 1. The molecule has 1 aliphatic heterocycles. The van der Waals surface area contributed by atoms with Gasteiger partial charge in [0.05, 0.1) is 10.7 Å². The molecule has 1 N–H and O–H groups in total. The van der Waals surface area contributed by atoms with Crippen molar-refractivity contribution in [3.05, 3.63) is 40.9 Å². The molecule has 1 aromatic heterocycles. The lowest BCUT2D eigenvalue weighted by Crippen LogP contribution is -2.42. The van der Waals surface area contributed by atoms with Crippen molar-refractivity contribution >= 4 is 17.5 Å². The molecule has 1 aromatic carbocycles. The summed E-state index contributed by atoms with van der Waals surface area (Å²) in [4.78, 5) is 19.4. The van der Waals surface area contributed by atoms with Gasteiger partial charge in [-0.2, -0.15) is 0 Å². The quantitative estimate of drug-likeness (QED) is 0.872. The smallest absolute Gasteiger partial charge is 0.293 e. The van der Waals surface area contributed by atoms with Crippen LogP contribution >= 0.6 is 11.6 Å². The number of halogens is 1. The Morgan fingerprint density at radius 1 is 1.38 bits per heavy atom. The maximum Gasteiger partial charge on any atom is 0.293 e. The summed E-state index contributed by atoms with van der Waals surface area (Å²) in [6.07, 6.45) is 2.16. The zero-order valence-electron chi connectivity index (χ0n) is 15.6. The lowest BCUT2D eigenvalue weighted by Gasteiger charge is -2.31. The lowest BCUT2D eigenvalue weighted by atomic mass is 9.98. The van der Waals surface area contributed by atoms with Crippen molar-refractivity contribution in [2.45, 2.75) is 32.6 Å². The van der Waals surface area contributed by atoms with E-state index in [1.165, 1.54) is 0 Å². The van der Waals surface area contributed by atoms with Crippen molar-refractivity contribution in [2.75, 3.05) is 26.7 Å². The number of likely N-dealkylation sites (tertiary alicyclic amines) is 1. The predicted molar refractivity (Wildman–Crippen MR) is 103 cm³/mol. The van der Waals surface area contributed by atoms with Crippen LogP contribution in [0.25, 0.3) is 5.69 Å². The van der Waals surface area contributed by atoms with Crippen molar-refractivity contribution in [3.8, 4) is 5.69 Å². The summed E-state index contributed by atoms with van der Waals surface area (Å²) in [5, 5.41) is 8.32. The zero-order valence-corrected chi connectivity index (χ0v) is 16.3. The first-order valence-corrected chi connectivity index (χ1v) is 9.54. The van der Waals surface area contributed by atoms with E-state index in [9.17, 15) is 4.79 Å². The Hall–Kier alpha value is -1.92. The Balaban J connectivity index is 1.90. The van der Waals surface area contributed by atoms with Crippen LogP contribution in [-0.2, 0) is 0 Å². The molecule has 1 aliphatic rings. The van der Waals surface area contributed by atoms with Gasteiger partial charge in [0.25, 0.3) is 5.91 Å². The number of nitrogens with one attached hydrogen (secondary N) is 1. The van der Waals surface area contributed by atoms with Crippen LogP contribution < -0.4 is 5.32 Å². The monoisotopic (exact) mass is 375 g/mol. The maximum absolute atomic E-state index is 13.0. The molecule has 0 bridgehead atoms. The van der Waals surface area contributed by atoms with Crippen molar-refractivity contribution in [3.63, 3.8) is 0 Å². The van der Waals surface area contributed by atoms with E-state index in [1.54, 1.807) is 4.68 Å². The van der Waals surface area contributed by atoms with Crippen molar-refractivity contribution in [2.24, 2.45) is 5.92 Å². The van der Waals surface area contributed by atoms with Gasteiger partial charge >= 0.3 is 0 Å². The molecule has 1 saturated heterocycles. The number of carbonyl (C=O) groups excluding carboxylic acids is 1. The van der Waals surface area contributed by atoms with Crippen molar-refractivity contribution in [1.29, 1.82) is 0 Å². The number of hydrogen-bond donors (Lipinski definition) is 1. The number of amides is 1. The molecule has 0 aliphatic carbocycles. The van der Waals surface area contributed by atoms with Crippen LogP contribution in [0.4, 0.5) is 0 Å². The third-order valence-electron chi connectivity index (χ3n) is 4.72. The van der Waals surface area contributed by atoms with E-state index in [0.717, 1.165) is 44.0 Å². The van der Waals surface area contributed by atoms with Gasteiger partial charge in [0.1, 0.15) is 5.82 Å². The van der Waals surface area contributed by atoms with Crippen LogP contribution in [0.5, 0.6) is 0 Å². The Kier molecular flexibility index (Phi) is 5.94. The van der Waals surface area contributed by atoms with Gasteiger partial charge in [-0.05, 0) is 44.5 Å². The first-order chi connectivity index (χ1) is 12.5. The van der Waals surface area contributed by atoms with E-state index < -0.39 is 0 Å². The molecule has 0 saturated carbocycles. The molecular weight excluding hydrogens is 350 g/mol. The minimum atomic E-state index is -0.0986. The van der Waals surface area contributed by atoms with E-state index in [0.29, 0.717) is 10.9 Å².